The van der Waals surface area contributed by atoms with E-state index in [1.807, 2.05) is 22.7 Å². The fourth-order valence-corrected chi connectivity index (χ4v) is 4.55. The van der Waals surface area contributed by atoms with Gasteiger partial charge in [0.2, 0.25) is 0 Å². The van der Waals surface area contributed by atoms with Crippen molar-refractivity contribution in [2.75, 3.05) is 0 Å². The van der Waals surface area contributed by atoms with Crippen LogP contribution in [0.1, 0.15) is 38.0 Å². The average molecular weight is 306 g/mol. The van der Waals surface area contributed by atoms with Crippen LogP contribution in [-0.2, 0) is 6.54 Å². The molecule has 0 spiro atoms. The summed E-state index contributed by atoms with van der Waals surface area (Å²) in [7, 11) is 0. The molecule has 2 unspecified atom stereocenters. The SMILES string of the molecule is CC1CCCC(C)N1NCc1cc(-c2cccs2)cs1. The Hall–Kier alpha value is -0.680. The van der Waals surface area contributed by atoms with Gasteiger partial charge in [-0.3, -0.25) is 0 Å². The normalized spacial score (nSPS) is 24.1. The van der Waals surface area contributed by atoms with Crippen molar-refractivity contribution in [3.05, 3.63) is 33.8 Å². The van der Waals surface area contributed by atoms with Gasteiger partial charge in [0.15, 0.2) is 0 Å². The van der Waals surface area contributed by atoms with Crippen molar-refractivity contribution in [3.8, 4) is 10.4 Å². The number of thiophene rings is 2. The summed E-state index contributed by atoms with van der Waals surface area (Å²) >= 11 is 3.67. The van der Waals surface area contributed by atoms with Crippen molar-refractivity contribution in [2.24, 2.45) is 0 Å². The van der Waals surface area contributed by atoms with Crippen LogP contribution in [0.2, 0.25) is 0 Å². The highest BCUT2D eigenvalue weighted by atomic mass is 32.1. The summed E-state index contributed by atoms with van der Waals surface area (Å²) in [6.07, 6.45) is 3.98. The van der Waals surface area contributed by atoms with E-state index < -0.39 is 0 Å². The molecule has 0 bridgehead atoms. The van der Waals surface area contributed by atoms with Crippen LogP contribution in [0.4, 0.5) is 0 Å². The van der Waals surface area contributed by atoms with Crippen molar-refractivity contribution >= 4 is 22.7 Å². The molecule has 1 aliphatic heterocycles. The lowest BCUT2D eigenvalue weighted by Gasteiger charge is -2.39. The van der Waals surface area contributed by atoms with Gasteiger partial charge in [-0.25, -0.2) is 10.4 Å². The van der Waals surface area contributed by atoms with Crippen LogP contribution in [0.5, 0.6) is 0 Å². The van der Waals surface area contributed by atoms with Gasteiger partial charge in [-0.05, 0) is 49.6 Å². The van der Waals surface area contributed by atoms with E-state index in [2.05, 4.69) is 53.2 Å². The molecule has 0 aromatic carbocycles. The van der Waals surface area contributed by atoms with Crippen LogP contribution in [0.15, 0.2) is 29.0 Å². The topological polar surface area (TPSA) is 15.3 Å². The van der Waals surface area contributed by atoms with E-state index in [0.29, 0.717) is 12.1 Å². The minimum absolute atomic E-state index is 0.649. The van der Waals surface area contributed by atoms with Crippen LogP contribution in [-0.4, -0.2) is 17.1 Å². The lowest BCUT2D eigenvalue weighted by Crippen LogP contribution is -2.51. The number of hydrogen-bond donors (Lipinski definition) is 1. The lowest BCUT2D eigenvalue weighted by atomic mass is 10.00. The summed E-state index contributed by atoms with van der Waals surface area (Å²) in [5.74, 6) is 0. The van der Waals surface area contributed by atoms with Crippen LogP contribution in [0.25, 0.3) is 10.4 Å². The van der Waals surface area contributed by atoms with Crippen molar-refractivity contribution < 1.29 is 0 Å². The number of nitrogens with zero attached hydrogens (tertiary/aromatic N) is 1. The summed E-state index contributed by atoms with van der Waals surface area (Å²) in [5, 5.41) is 6.86. The Morgan fingerprint density at radius 1 is 1.25 bits per heavy atom. The van der Waals surface area contributed by atoms with Gasteiger partial charge < -0.3 is 0 Å². The molecule has 1 aliphatic rings. The van der Waals surface area contributed by atoms with Gasteiger partial charge in [-0.15, -0.1) is 22.7 Å². The zero-order valence-corrected chi connectivity index (χ0v) is 13.8. The fraction of sp³-hybridized carbons (Fsp3) is 0.500. The minimum Gasteiger partial charge on any atom is -0.249 e. The van der Waals surface area contributed by atoms with Crippen molar-refractivity contribution in [2.45, 2.75) is 51.7 Å². The van der Waals surface area contributed by atoms with Crippen LogP contribution >= 0.6 is 22.7 Å². The first kappa shape index (κ1) is 14.3. The minimum atomic E-state index is 0.649. The van der Waals surface area contributed by atoms with Gasteiger partial charge in [-0.2, -0.15) is 0 Å². The summed E-state index contributed by atoms with van der Waals surface area (Å²) in [6, 6.07) is 7.93. The summed E-state index contributed by atoms with van der Waals surface area (Å²) < 4.78 is 0. The number of piperidine rings is 1. The van der Waals surface area contributed by atoms with Gasteiger partial charge in [0, 0.05) is 33.9 Å². The van der Waals surface area contributed by atoms with Crippen LogP contribution in [0, 0.1) is 0 Å². The van der Waals surface area contributed by atoms with E-state index >= 15 is 0 Å². The second-order valence-corrected chi connectivity index (χ2v) is 7.59. The molecule has 2 atom stereocenters. The molecule has 1 N–H and O–H groups in total. The molecular weight excluding hydrogens is 284 g/mol. The number of rotatable bonds is 4. The Labute approximate surface area is 129 Å². The Kier molecular flexibility index (Phi) is 4.56. The Balaban J connectivity index is 1.61. The predicted octanol–water partition coefficient (Wildman–Crippen LogP) is 4.74. The van der Waals surface area contributed by atoms with E-state index in [1.165, 1.54) is 34.6 Å². The number of nitrogens with one attached hydrogen (secondary N) is 1. The van der Waals surface area contributed by atoms with Gasteiger partial charge >= 0.3 is 0 Å². The molecule has 4 heteroatoms. The molecule has 1 saturated heterocycles. The molecule has 108 valence electrons. The third kappa shape index (κ3) is 3.14. The van der Waals surface area contributed by atoms with Crippen molar-refractivity contribution in [3.63, 3.8) is 0 Å². The van der Waals surface area contributed by atoms with E-state index in [9.17, 15) is 0 Å². The Morgan fingerprint density at radius 2 is 2.05 bits per heavy atom. The van der Waals surface area contributed by atoms with Crippen LogP contribution in [0.3, 0.4) is 0 Å². The lowest BCUT2D eigenvalue weighted by molar-refractivity contribution is 0.0439. The first-order valence-corrected chi connectivity index (χ1v) is 9.13. The van der Waals surface area contributed by atoms with Gasteiger partial charge in [0.1, 0.15) is 0 Å². The molecular formula is C16H22N2S2. The Bertz CT molecular complexity index is 522. The molecule has 1 fully saturated rings. The third-order valence-corrected chi connectivity index (χ3v) is 5.94. The average Bonchev–Trinajstić information content (AvgIpc) is 3.09. The van der Waals surface area contributed by atoms with E-state index in [0.717, 1.165) is 6.54 Å². The highest BCUT2D eigenvalue weighted by molar-refractivity contribution is 7.14. The summed E-state index contributed by atoms with van der Waals surface area (Å²) in [6.45, 7) is 5.60. The molecule has 2 nitrogen and oxygen atoms in total. The molecule has 2 aromatic rings. The van der Waals surface area contributed by atoms with Crippen molar-refractivity contribution in [1.29, 1.82) is 0 Å². The second-order valence-electron chi connectivity index (χ2n) is 5.65. The van der Waals surface area contributed by atoms with E-state index in [-0.39, 0.29) is 0 Å². The van der Waals surface area contributed by atoms with Gasteiger partial charge in [-0.1, -0.05) is 12.5 Å². The molecule has 3 heterocycles. The van der Waals surface area contributed by atoms with Gasteiger partial charge in [0.25, 0.3) is 0 Å². The highest BCUT2D eigenvalue weighted by Gasteiger charge is 2.24. The maximum atomic E-state index is 3.64. The van der Waals surface area contributed by atoms with E-state index in [1.54, 1.807) is 0 Å². The maximum Gasteiger partial charge on any atom is 0.0447 e. The third-order valence-electron chi connectivity index (χ3n) is 4.09. The number of hydrazine groups is 1. The fourth-order valence-electron chi connectivity index (χ4n) is 2.95. The molecule has 3 rings (SSSR count). The molecule has 0 amide bonds. The first-order valence-electron chi connectivity index (χ1n) is 7.37. The monoisotopic (exact) mass is 306 g/mol. The van der Waals surface area contributed by atoms with Crippen molar-refractivity contribution in [1.82, 2.24) is 10.4 Å². The molecule has 0 radical (unpaired) electrons. The number of hydrogen-bond acceptors (Lipinski definition) is 4. The molecule has 0 aliphatic carbocycles. The quantitative estimate of drug-likeness (QED) is 0.877. The van der Waals surface area contributed by atoms with Crippen LogP contribution < -0.4 is 5.43 Å². The summed E-state index contributed by atoms with van der Waals surface area (Å²) in [5.41, 5.74) is 5.01. The van der Waals surface area contributed by atoms with Gasteiger partial charge in [0.05, 0.1) is 0 Å². The molecule has 2 aromatic heterocycles. The maximum absolute atomic E-state index is 3.64. The molecule has 0 saturated carbocycles. The molecule has 20 heavy (non-hydrogen) atoms. The zero-order valence-electron chi connectivity index (χ0n) is 12.1. The largest absolute Gasteiger partial charge is 0.249 e. The second kappa shape index (κ2) is 6.39. The Morgan fingerprint density at radius 3 is 2.75 bits per heavy atom. The summed E-state index contributed by atoms with van der Waals surface area (Å²) in [4.78, 5) is 2.78. The highest BCUT2D eigenvalue weighted by Crippen LogP contribution is 2.29. The van der Waals surface area contributed by atoms with E-state index in [4.69, 9.17) is 0 Å². The predicted molar refractivity (Wildman–Crippen MR) is 89.1 cm³/mol. The standard InChI is InChI=1S/C16H22N2S2/c1-12-5-3-6-13(2)18(12)17-10-15-9-14(11-20-15)16-7-4-8-19-16/h4,7-9,11-13,17H,3,5-6,10H2,1-2H3. The first-order chi connectivity index (χ1) is 9.74. The zero-order chi connectivity index (χ0) is 13.9. The smallest absolute Gasteiger partial charge is 0.0447 e.